The summed E-state index contributed by atoms with van der Waals surface area (Å²) in [5.74, 6) is 0.773. The van der Waals surface area contributed by atoms with E-state index in [0.29, 0.717) is 9.37 Å². The first-order valence-electron chi connectivity index (χ1n) is 4.57. The van der Waals surface area contributed by atoms with Gasteiger partial charge in [0.25, 0.3) is 0 Å². The maximum Gasteiger partial charge on any atom is 0.175 e. The molecule has 1 heterocycles. The van der Waals surface area contributed by atoms with Crippen LogP contribution in [0.15, 0.2) is 21.5 Å². The molecule has 1 aromatic rings. The Morgan fingerprint density at radius 2 is 2.13 bits per heavy atom. The summed E-state index contributed by atoms with van der Waals surface area (Å²) in [6.45, 7) is 1.96. The Morgan fingerprint density at radius 3 is 2.73 bits per heavy atom. The summed E-state index contributed by atoms with van der Waals surface area (Å²) in [7, 11) is -3.15. The number of benzene rings is 1. The highest BCUT2D eigenvalue weighted by molar-refractivity contribution is 9.10. The Labute approximate surface area is 97.5 Å². The number of fused-ring (bicyclic) bond motifs is 1. The second-order valence-electron chi connectivity index (χ2n) is 3.80. The van der Waals surface area contributed by atoms with Crippen molar-refractivity contribution in [1.82, 2.24) is 0 Å². The number of rotatable bonds is 1. The third-order valence-corrected chi connectivity index (χ3v) is 4.03. The predicted octanol–water partition coefficient (Wildman–Crippen LogP) is 2.18. The van der Waals surface area contributed by atoms with E-state index in [-0.39, 0.29) is 6.10 Å². The molecule has 82 valence electrons. The molecule has 15 heavy (non-hydrogen) atoms. The molecule has 2 rings (SSSR count). The summed E-state index contributed by atoms with van der Waals surface area (Å²) in [6, 6.07) is 3.28. The lowest BCUT2D eigenvalue weighted by Crippen LogP contribution is -2.05. The number of hydrogen-bond donors (Lipinski definition) is 0. The van der Waals surface area contributed by atoms with Crippen LogP contribution < -0.4 is 4.74 Å². The van der Waals surface area contributed by atoms with Gasteiger partial charge in [-0.3, -0.25) is 0 Å². The summed E-state index contributed by atoms with van der Waals surface area (Å²) in [6.07, 6.45) is 2.09. The van der Waals surface area contributed by atoms with Crippen LogP contribution in [0, 0.1) is 0 Å². The smallest absolute Gasteiger partial charge is 0.175 e. The highest BCUT2D eigenvalue weighted by Crippen LogP contribution is 2.38. The van der Waals surface area contributed by atoms with Gasteiger partial charge in [-0.1, -0.05) is 0 Å². The molecule has 1 aliphatic heterocycles. The Hall–Kier alpha value is -0.550. The van der Waals surface area contributed by atoms with Crippen LogP contribution in [0.1, 0.15) is 12.5 Å². The fourth-order valence-corrected chi connectivity index (χ4v) is 3.11. The van der Waals surface area contributed by atoms with E-state index in [4.69, 9.17) is 4.74 Å². The molecule has 0 fully saturated rings. The van der Waals surface area contributed by atoms with Crippen LogP contribution in [0.4, 0.5) is 0 Å². The van der Waals surface area contributed by atoms with Gasteiger partial charge in [0.1, 0.15) is 11.9 Å². The number of sulfone groups is 1. The monoisotopic (exact) mass is 290 g/mol. The molecule has 1 atom stereocenters. The molecule has 0 N–H and O–H groups in total. The first-order chi connectivity index (χ1) is 6.88. The minimum atomic E-state index is -3.15. The fraction of sp³-hybridized carbons (Fsp3) is 0.400. The zero-order valence-corrected chi connectivity index (χ0v) is 10.9. The largest absolute Gasteiger partial charge is 0.489 e. The Bertz CT molecular complexity index is 508. The molecule has 0 radical (unpaired) electrons. The van der Waals surface area contributed by atoms with Crippen molar-refractivity contribution in [3.8, 4) is 5.75 Å². The topological polar surface area (TPSA) is 43.4 Å². The van der Waals surface area contributed by atoms with Gasteiger partial charge in [-0.2, -0.15) is 0 Å². The van der Waals surface area contributed by atoms with Crippen molar-refractivity contribution in [3.05, 3.63) is 22.2 Å². The van der Waals surface area contributed by atoms with E-state index in [1.54, 1.807) is 12.1 Å². The molecule has 1 aliphatic rings. The van der Waals surface area contributed by atoms with Gasteiger partial charge in [0.2, 0.25) is 0 Å². The fourth-order valence-electron chi connectivity index (χ4n) is 1.67. The van der Waals surface area contributed by atoms with E-state index >= 15 is 0 Å². The maximum absolute atomic E-state index is 11.4. The van der Waals surface area contributed by atoms with Gasteiger partial charge < -0.3 is 4.74 Å². The Morgan fingerprint density at radius 1 is 1.47 bits per heavy atom. The maximum atomic E-state index is 11.4. The van der Waals surface area contributed by atoms with E-state index in [9.17, 15) is 8.42 Å². The van der Waals surface area contributed by atoms with Gasteiger partial charge in [-0.15, -0.1) is 0 Å². The van der Waals surface area contributed by atoms with Crippen LogP contribution in [0.5, 0.6) is 5.75 Å². The molecule has 0 amide bonds. The first kappa shape index (κ1) is 11.0. The third kappa shape index (κ3) is 2.03. The normalized spacial score (nSPS) is 19.8. The average Bonchev–Trinajstić information content (AvgIpc) is 2.44. The van der Waals surface area contributed by atoms with Crippen molar-refractivity contribution in [2.45, 2.75) is 24.3 Å². The first-order valence-corrected chi connectivity index (χ1v) is 7.25. The van der Waals surface area contributed by atoms with Crippen molar-refractivity contribution in [2.75, 3.05) is 6.26 Å². The van der Waals surface area contributed by atoms with Crippen molar-refractivity contribution in [1.29, 1.82) is 0 Å². The van der Waals surface area contributed by atoms with E-state index in [2.05, 4.69) is 15.9 Å². The minimum Gasteiger partial charge on any atom is -0.489 e. The molecule has 0 aromatic heterocycles. The zero-order chi connectivity index (χ0) is 11.2. The summed E-state index contributed by atoms with van der Waals surface area (Å²) < 4.78 is 29.1. The summed E-state index contributed by atoms with van der Waals surface area (Å²) in [4.78, 5) is 0.339. The minimum absolute atomic E-state index is 0.117. The molecule has 5 heteroatoms. The second-order valence-corrected chi connectivity index (χ2v) is 6.67. The third-order valence-electron chi connectivity index (χ3n) is 2.35. The van der Waals surface area contributed by atoms with Gasteiger partial charge in [0, 0.05) is 18.2 Å². The Balaban J connectivity index is 2.59. The number of ether oxygens (including phenoxy) is 1. The molecule has 0 spiro atoms. The van der Waals surface area contributed by atoms with Crippen molar-refractivity contribution in [3.63, 3.8) is 0 Å². The van der Waals surface area contributed by atoms with E-state index in [1.165, 1.54) is 6.26 Å². The highest BCUT2D eigenvalue weighted by Gasteiger charge is 2.24. The Kier molecular flexibility index (Phi) is 2.55. The molecule has 0 aliphatic carbocycles. The quantitative estimate of drug-likeness (QED) is 0.796. The average molecular weight is 291 g/mol. The van der Waals surface area contributed by atoms with Crippen LogP contribution in [-0.4, -0.2) is 20.8 Å². The summed E-state index contributed by atoms with van der Waals surface area (Å²) in [5.41, 5.74) is 0.956. The van der Waals surface area contributed by atoms with E-state index < -0.39 is 9.84 Å². The summed E-state index contributed by atoms with van der Waals surface area (Å²) in [5, 5.41) is 0. The second kappa shape index (κ2) is 3.49. The van der Waals surface area contributed by atoms with E-state index in [1.807, 2.05) is 6.92 Å². The van der Waals surface area contributed by atoms with Gasteiger partial charge in [0.15, 0.2) is 9.84 Å². The lowest BCUT2D eigenvalue weighted by Gasteiger charge is -2.06. The standard InChI is InChI=1S/C10H11BrO3S/c1-6-3-7-4-8(15(2,12)13)5-9(11)10(7)14-6/h4-6H,3H2,1-2H3. The van der Waals surface area contributed by atoms with Crippen LogP contribution in [0.2, 0.25) is 0 Å². The molecule has 0 saturated heterocycles. The SMILES string of the molecule is CC1Cc2cc(S(C)(=O)=O)cc(Br)c2O1. The summed E-state index contributed by atoms with van der Waals surface area (Å²) >= 11 is 3.33. The van der Waals surface area contributed by atoms with Crippen LogP contribution in [0.25, 0.3) is 0 Å². The number of hydrogen-bond acceptors (Lipinski definition) is 3. The zero-order valence-electron chi connectivity index (χ0n) is 8.45. The number of halogens is 1. The van der Waals surface area contributed by atoms with Gasteiger partial charge in [0.05, 0.1) is 9.37 Å². The van der Waals surface area contributed by atoms with Crippen molar-refractivity contribution in [2.24, 2.45) is 0 Å². The van der Waals surface area contributed by atoms with E-state index in [0.717, 1.165) is 17.7 Å². The molecule has 1 aromatic carbocycles. The van der Waals surface area contributed by atoms with Gasteiger partial charge >= 0.3 is 0 Å². The van der Waals surface area contributed by atoms with Crippen molar-refractivity contribution < 1.29 is 13.2 Å². The highest BCUT2D eigenvalue weighted by atomic mass is 79.9. The van der Waals surface area contributed by atoms with Crippen LogP contribution >= 0.6 is 15.9 Å². The van der Waals surface area contributed by atoms with Crippen LogP contribution in [-0.2, 0) is 16.3 Å². The molecular weight excluding hydrogens is 280 g/mol. The van der Waals surface area contributed by atoms with Gasteiger partial charge in [-0.25, -0.2) is 8.42 Å². The van der Waals surface area contributed by atoms with Crippen molar-refractivity contribution >= 4 is 25.8 Å². The molecule has 0 saturated carbocycles. The van der Waals surface area contributed by atoms with Gasteiger partial charge in [-0.05, 0) is 35.0 Å². The molecule has 3 nitrogen and oxygen atoms in total. The lowest BCUT2D eigenvalue weighted by molar-refractivity contribution is 0.253. The molecule has 0 bridgehead atoms. The molecule has 1 unspecified atom stereocenters. The molecular formula is C10H11BrO3S. The van der Waals surface area contributed by atoms with Crippen LogP contribution in [0.3, 0.4) is 0 Å². The lowest BCUT2D eigenvalue weighted by atomic mass is 10.1. The predicted molar refractivity (Wildman–Crippen MR) is 61.0 cm³/mol.